The molecule has 0 aromatic heterocycles. The number of rotatable bonds is 6. The van der Waals surface area contributed by atoms with E-state index in [2.05, 4.69) is 10.6 Å². The van der Waals surface area contributed by atoms with E-state index in [0.717, 1.165) is 12.8 Å². The number of hydrogen-bond acceptors (Lipinski definition) is 6. The summed E-state index contributed by atoms with van der Waals surface area (Å²) in [5.74, 6) is -1.61. The van der Waals surface area contributed by atoms with Crippen LogP contribution in [-0.2, 0) is 36.2 Å². The van der Waals surface area contributed by atoms with Gasteiger partial charge in [-0.15, -0.1) is 0 Å². The molecule has 0 aromatic carbocycles. The molecule has 0 aromatic rings. The Kier molecular flexibility index (Phi) is 10.3. The minimum atomic E-state index is -0.458. The molecule has 4 atom stereocenters. The molecule has 0 spiro atoms. The van der Waals surface area contributed by atoms with Gasteiger partial charge in [-0.3, -0.25) is 19.2 Å². The first-order chi connectivity index (χ1) is 13.0. The van der Waals surface area contributed by atoms with Crippen LogP contribution in [-0.4, -0.2) is 45.7 Å². The number of ketones is 2. The van der Waals surface area contributed by atoms with Crippen LogP contribution < -0.4 is 10.6 Å². The minimum absolute atomic E-state index is 0. The average molecular weight is 458 g/mol. The van der Waals surface area contributed by atoms with Crippen molar-refractivity contribution in [3.8, 4) is 0 Å². The van der Waals surface area contributed by atoms with Crippen molar-refractivity contribution in [1.29, 1.82) is 0 Å². The van der Waals surface area contributed by atoms with Crippen LogP contribution in [0.4, 0.5) is 0 Å². The van der Waals surface area contributed by atoms with E-state index in [-0.39, 0.29) is 63.1 Å². The van der Waals surface area contributed by atoms with Crippen LogP contribution in [0.2, 0.25) is 0 Å². The van der Waals surface area contributed by atoms with E-state index < -0.39 is 23.9 Å². The molecule has 9 heteroatoms. The molecule has 2 rings (SSSR count). The van der Waals surface area contributed by atoms with Gasteiger partial charge in [-0.25, -0.2) is 0 Å². The fraction of sp³-hybridized carbons (Fsp3) is 0.600. The Balaban J connectivity index is 0.000000523. The fourth-order valence-electron chi connectivity index (χ4n) is 3.08. The third kappa shape index (κ3) is 5.93. The monoisotopic (exact) mass is 457 g/mol. The molecule has 2 amide bonds. The SMILES string of the molecule is CCC(C)C1NC(=O)C(C(C)=O)=C1O.CCC(C)C1NC(=O)C(C(C)=O)=C1O.[Cu]. The molecule has 4 N–H and O–H groups in total. The second-order valence-corrected chi connectivity index (χ2v) is 7.31. The van der Waals surface area contributed by atoms with Gasteiger partial charge in [0, 0.05) is 17.1 Å². The molecule has 0 bridgehead atoms. The molecule has 8 nitrogen and oxygen atoms in total. The molecule has 4 unspecified atom stereocenters. The minimum Gasteiger partial charge on any atom is -0.509 e. The van der Waals surface area contributed by atoms with E-state index in [9.17, 15) is 29.4 Å². The van der Waals surface area contributed by atoms with Gasteiger partial charge in [0.05, 0.1) is 12.1 Å². The van der Waals surface area contributed by atoms with Crippen molar-refractivity contribution in [3.05, 3.63) is 22.7 Å². The van der Waals surface area contributed by atoms with Gasteiger partial charge in [-0.1, -0.05) is 40.5 Å². The summed E-state index contributed by atoms with van der Waals surface area (Å²) in [5, 5.41) is 24.5. The maximum Gasteiger partial charge on any atom is 0.259 e. The normalized spacial score (nSPS) is 22.8. The van der Waals surface area contributed by atoms with Crippen LogP contribution in [0.1, 0.15) is 54.4 Å². The van der Waals surface area contributed by atoms with Crippen molar-refractivity contribution in [3.63, 3.8) is 0 Å². The number of hydrogen-bond donors (Lipinski definition) is 4. The number of amides is 2. The van der Waals surface area contributed by atoms with Crippen molar-refractivity contribution in [1.82, 2.24) is 10.6 Å². The third-order valence-corrected chi connectivity index (χ3v) is 5.26. The summed E-state index contributed by atoms with van der Waals surface area (Å²) >= 11 is 0. The Labute approximate surface area is 181 Å². The van der Waals surface area contributed by atoms with Crippen molar-refractivity contribution < 1.29 is 46.5 Å². The van der Waals surface area contributed by atoms with E-state index in [1.807, 2.05) is 27.7 Å². The van der Waals surface area contributed by atoms with E-state index in [1.54, 1.807) is 0 Å². The van der Waals surface area contributed by atoms with Gasteiger partial charge >= 0.3 is 0 Å². The molecule has 2 heterocycles. The third-order valence-electron chi connectivity index (χ3n) is 5.26. The summed E-state index contributed by atoms with van der Waals surface area (Å²) in [7, 11) is 0. The average Bonchev–Trinajstić information content (AvgIpc) is 3.09. The molecular weight excluding hydrogens is 428 g/mol. The van der Waals surface area contributed by atoms with Crippen LogP contribution >= 0.6 is 0 Å². The van der Waals surface area contributed by atoms with Crippen LogP contribution in [0, 0.1) is 11.8 Å². The number of Topliss-reactive ketones (excluding diaryl/α,β-unsaturated/α-hetero) is 2. The molecule has 2 aliphatic rings. The van der Waals surface area contributed by atoms with E-state index >= 15 is 0 Å². The molecule has 1 radical (unpaired) electrons. The van der Waals surface area contributed by atoms with Crippen molar-refractivity contribution in [2.45, 2.75) is 66.5 Å². The second kappa shape index (κ2) is 11.2. The maximum atomic E-state index is 11.3. The first-order valence-corrected chi connectivity index (χ1v) is 9.47. The number of aliphatic hydroxyl groups excluding tert-OH is 2. The summed E-state index contributed by atoms with van der Waals surface area (Å²) < 4.78 is 0. The largest absolute Gasteiger partial charge is 0.509 e. The number of aliphatic hydroxyl groups is 2. The zero-order chi connectivity index (χ0) is 21.8. The number of nitrogens with one attached hydrogen (secondary N) is 2. The molecular formula is C20H30CuN2O6. The van der Waals surface area contributed by atoms with Crippen molar-refractivity contribution >= 4 is 23.4 Å². The molecule has 29 heavy (non-hydrogen) atoms. The summed E-state index contributed by atoms with van der Waals surface area (Å²) in [6.07, 6.45) is 1.67. The van der Waals surface area contributed by atoms with E-state index in [1.165, 1.54) is 13.8 Å². The standard InChI is InChI=1S/2C10H15NO3.Cu/c2*1-4-5(2)8-9(13)7(6(3)12)10(14)11-8;/h2*5,8,13H,4H2,1-3H3,(H,11,14);. The second-order valence-electron chi connectivity index (χ2n) is 7.31. The molecule has 2 aliphatic heterocycles. The number of carbonyl (C=O) groups is 4. The zero-order valence-corrected chi connectivity index (χ0v) is 18.5. The van der Waals surface area contributed by atoms with Crippen molar-refractivity contribution in [2.24, 2.45) is 11.8 Å². The van der Waals surface area contributed by atoms with Gasteiger partial charge in [-0.05, 0) is 25.7 Å². The summed E-state index contributed by atoms with van der Waals surface area (Å²) in [5.41, 5.74) is -0.175. The van der Waals surface area contributed by atoms with Gasteiger partial charge in [0.1, 0.15) is 22.7 Å². The van der Waals surface area contributed by atoms with Gasteiger partial charge in [0.25, 0.3) is 11.8 Å². The number of carbonyl (C=O) groups excluding carboxylic acids is 4. The van der Waals surface area contributed by atoms with Crippen molar-refractivity contribution in [2.75, 3.05) is 0 Å². The van der Waals surface area contributed by atoms with Crippen LogP contribution in [0.15, 0.2) is 22.7 Å². The van der Waals surface area contributed by atoms with E-state index in [0.29, 0.717) is 0 Å². The molecule has 0 saturated carbocycles. The predicted molar refractivity (Wildman–Crippen MR) is 103 cm³/mol. The Morgan fingerprint density at radius 3 is 1.28 bits per heavy atom. The molecule has 167 valence electrons. The molecule has 0 saturated heterocycles. The Morgan fingerprint density at radius 1 is 0.828 bits per heavy atom. The molecule has 0 fully saturated rings. The predicted octanol–water partition coefficient (Wildman–Crippen LogP) is 1.86. The first-order valence-electron chi connectivity index (χ1n) is 9.47. The topological polar surface area (TPSA) is 133 Å². The fourth-order valence-corrected chi connectivity index (χ4v) is 3.08. The Morgan fingerprint density at radius 2 is 1.10 bits per heavy atom. The van der Waals surface area contributed by atoms with Gasteiger partial charge in [0.2, 0.25) is 0 Å². The van der Waals surface area contributed by atoms with Gasteiger partial charge < -0.3 is 20.8 Å². The quantitative estimate of drug-likeness (QED) is 0.355. The zero-order valence-electron chi connectivity index (χ0n) is 17.6. The van der Waals surface area contributed by atoms with Crippen LogP contribution in [0.5, 0.6) is 0 Å². The van der Waals surface area contributed by atoms with Gasteiger partial charge in [-0.2, -0.15) is 0 Å². The smallest absolute Gasteiger partial charge is 0.259 e. The van der Waals surface area contributed by atoms with E-state index in [4.69, 9.17) is 0 Å². The molecule has 0 aliphatic carbocycles. The van der Waals surface area contributed by atoms with Crippen LogP contribution in [0.3, 0.4) is 0 Å². The first kappa shape index (κ1) is 26.9. The van der Waals surface area contributed by atoms with Crippen LogP contribution in [0.25, 0.3) is 0 Å². The maximum absolute atomic E-state index is 11.3. The Hall–Kier alpha value is -2.12. The summed E-state index contributed by atoms with van der Waals surface area (Å²) in [4.78, 5) is 44.7. The van der Waals surface area contributed by atoms with Gasteiger partial charge in [0.15, 0.2) is 11.6 Å². The Bertz CT molecular complexity index is 681. The summed E-state index contributed by atoms with van der Waals surface area (Å²) in [6.45, 7) is 10.3. The summed E-state index contributed by atoms with van der Waals surface area (Å²) in [6, 6.07) is -0.794.